The lowest BCUT2D eigenvalue weighted by Crippen LogP contribution is -2.35. The lowest BCUT2D eigenvalue weighted by molar-refractivity contribution is -0.386. The van der Waals surface area contributed by atoms with Crippen LogP contribution in [-0.2, 0) is 13.0 Å². The molecular weight excluding hydrogens is 396 g/mol. The maximum atomic E-state index is 12.9. The predicted octanol–water partition coefficient (Wildman–Crippen LogP) is 3.13. The van der Waals surface area contributed by atoms with E-state index in [4.69, 9.17) is 0 Å². The highest BCUT2D eigenvalue weighted by Gasteiger charge is 2.22. The van der Waals surface area contributed by atoms with Gasteiger partial charge in [-0.25, -0.2) is 0 Å². The number of hydrogen-bond donors (Lipinski definition) is 1. The first-order valence-electron chi connectivity index (χ1n) is 10.1. The molecule has 0 radical (unpaired) electrons. The third-order valence-electron chi connectivity index (χ3n) is 5.23. The van der Waals surface area contributed by atoms with Crippen LogP contribution >= 0.6 is 0 Å². The molecule has 1 N–H and O–H groups in total. The molecular formula is C23H26N4O4. The monoisotopic (exact) mass is 422 g/mol. The van der Waals surface area contributed by atoms with Gasteiger partial charge in [-0.15, -0.1) is 0 Å². The Bertz CT molecular complexity index is 1050. The summed E-state index contributed by atoms with van der Waals surface area (Å²) in [6.07, 6.45) is 0.710. The minimum atomic E-state index is -0.416. The summed E-state index contributed by atoms with van der Waals surface area (Å²) in [4.78, 5) is 25.3. The van der Waals surface area contributed by atoms with Crippen LogP contribution in [0.5, 0.6) is 0 Å². The molecule has 0 bridgehead atoms. The van der Waals surface area contributed by atoms with Gasteiger partial charge in [0.05, 0.1) is 18.1 Å². The Morgan fingerprint density at radius 3 is 2.32 bits per heavy atom. The Labute approximate surface area is 180 Å². The molecule has 8 nitrogen and oxygen atoms in total. The minimum absolute atomic E-state index is 0.0323. The molecule has 0 unspecified atom stereocenters. The first-order valence-corrected chi connectivity index (χ1v) is 10.1. The van der Waals surface area contributed by atoms with Crippen LogP contribution in [0.4, 0.5) is 5.69 Å². The Balaban J connectivity index is 1.69. The van der Waals surface area contributed by atoms with Gasteiger partial charge < -0.3 is 10.0 Å². The number of benzene rings is 2. The quantitative estimate of drug-likeness (QED) is 0.422. The summed E-state index contributed by atoms with van der Waals surface area (Å²) in [7, 11) is 0. The molecule has 0 atom stereocenters. The maximum Gasteiger partial charge on any atom is 0.312 e. The van der Waals surface area contributed by atoms with Crippen molar-refractivity contribution < 1.29 is 14.8 Å². The van der Waals surface area contributed by atoms with Gasteiger partial charge in [0.1, 0.15) is 11.4 Å². The van der Waals surface area contributed by atoms with Crippen molar-refractivity contribution in [2.24, 2.45) is 0 Å². The van der Waals surface area contributed by atoms with Gasteiger partial charge in [-0.1, -0.05) is 42.5 Å². The number of aromatic nitrogens is 2. The number of aliphatic hydroxyl groups is 1. The summed E-state index contributed by atoms with van der Waals surface area (Å²) >= 11 is 0. The number of nitrogens with zero attached hydrogens (tertiary/aromatic N) is 4. The summed E-state index contributed by atoms with van der Waals surface area (Å²) in [6, 6.07) is 17.0. The number of amides is 1. The van der Waals surface area contributed by atoms with Crippen molar-refractivity contribution in [2.75, 3.05) is 19.7 Å². The van der Waals surface area contributed by atoms with Crippen molar-refractivity contribution in [2.45, 2.75) is 26.8 Å². The van der Waals surface area contributed by atoms with E-state index in [2.05, 4.69) is 5.10 Å². The number of rotatable bonds is 9. The lowest BCUT2D eigenvalue weighted by Gasteiger charge is -2.22. The maximum absolute atomic E-state index is 12.9. The molecule has 3 rings (SSSR count). The van der Waals surface area contributed by atoms with Gasteiger partial charge in [0, 0.05) is 18.7 Å². The topological polar surface area (TPSA) is 102 Å². The van der Waals surface area contributed by atoms with Crippen molar-refractivity contribution in [1.29, 1.82) is 0 Å². The van der Waals surface area contributed by atoms with E-state index in [9.17, 15) is 20.0 Å². The van der Waals surface area contributed by atoms with Crippen LogP contribution in [-0.4, -0.2) is 50.3 Å². The molecule has 3 aromatic rings. The average molecular weight is 422 g/mol. The van der Waals surface area contributed by atoms with Crippen molar-refractivity contribution in [1.82, 2.24) is 14.7 Å². The molecule has 1 aromatic heterocycles. The lowest BCUT2D eigenvalue weighted by atomic mass is 10.1. The van der Waals surface area contributed by atoms with Gasteiger partial charge in [0.15, 0.2) is 0 Å². The molecule has 1 heterocycles. The van der Waals surface area contributed by atoms with Crippen LogP contribution in [0.25, 0.3) is 0 Å². The van der Waals surface area contributed by atoms with Gasteiger partial charge in [-0.3, -0.25) is 19.6 Å². The molecule has 162 valence electrons. The molecule has 0 fully saturated rings. The van der Waals surface area contributed by atoms with E-state index in [0.717, 1.165) is 11.1 Å². The summed E-state index contributed by atoms with van der Waals surface area (Å²) < 4.78 is 1.60. The second-order valence-corrected chi connectivity index (χ2v) is 7.38. The van der Waals surface area contributed by atoms with Gasteiger partial charge in [-0.2, -0.15) is 5.10 Å². The SMILES string of the molecule is Cc1nn(Cc2ccc(C(=O)N(CCO)CCc3ccccc3)cc2)c(C)c1[N+](=O)[O-]. The van der Waals surface area contributed by atoms with Crippen LogP contribution in [0.15, 0.2) is 54.6 Å². The fourth-order valence-electron chi connectivity index (χ4n) is 3.56. The van der Waals surface area contributed by atoms with E-state index in [1.165, 1.54) is 0 Å². The van der Waals surface area contributed by atoms with E-state index in [0.29, 0.717) is 36.5 Å². The molecule has 1 amide bonds. The van der Waals surface area contributed by atoms with Crippen molar-refractivity contribution in [3.63, 3.8) is 0 Å². The largest absolute Gasteiger partial charge is 0.395 e. The number of aliphatic hydroxyl groups excluding tert-OH is 1. The summed E-state index contributed by atoms with van der Waals surface area (Å²) in [6.45, 7) is 4.35. The molecule has 2 aromatic carbocycles. The second kappa shape index (κ2) is 9.99. The standard InChI is InChI=1S/C23H26N4O4/c1-17-22(27(30)31)18(2)26(24-17)16-20-8-10-21(11-9-20)23(29)25(14-15-28)13-12-19-6-4-3-5-7-19/h3-11,28H,12-16H2,1-2H3. The first kappa shape index (κ1) is 22.2. The highest BCUT2D eigenvalue weighted by Crippen LogP contribution is 2.22. The molecule has 0 saturated heterocycles. The van der Waals surface area contributed by atoms with E-state index in [-0.39, 0.29) is 24.7 Å². The van der Waals surface area contributed by atoms with Crippen molar-refractivity contribution in [3.05, 3.63) is 92.8 Å². The number of nitro groups is 1. The van der Waals surface area contributed by atoms with Crippen LogP contribution in [0, 0.1) is 24.0 Å². The van der Waals surface area contributed by atoms with Gasteiger partial charge in [0.25, 0.3) is 5.91 Å². The van der Waals surface area contributed by atoms with E-state index in [1.807, 2.05) is 42.5 Å². The smallest absolute Gasteiger partial charge is 0.312 e. The van der Waals surface area contributed by atoms with Gasteiger partial charge in [-0.05, 0) is 43.5 Å². The first-order chi connectivity index (χ1) is 14.9. The Morgan fingerprint density at radius 1 is 1.06 bits per heavy atom. The van der Waals surface area contributed by atoms with Gasteiger partial charge in [0.2, 0.25) is 0 Å². The number of aryl methyl sites for hydroxylation is 1. The minimum Gasteiger partial charge on any atom is -0.395 e. The third kappa shape index (κ3) is 5.35. The molecule has 0 saturated carbocycles. The fraction of sp³-hybridized carbons (Fsp3) is 0.304. The molecule has 0 aliphatic carbocycles. The second-order valence-electron chi connectivity index (χ2n) is 7.38. The zero-order valence-corrected chi connectivity index (χ0v) is 17.7. The number of hydrogen-bond acceptors (Lipinski definition) is 5. The fourth-order valence-corrected chi connectivity index (χ4v) is 3.56. The number of carbonyl (C=O) groups excluding carboxylic acids is 1. The van der Waals surface area contributed by atoms with Crippen LogP contribution in [0.1, 0.15) is 32.9 Å². The Morgan fingerprint density at radius 2 is 1.74 bits per heavy atom. The molecule has 0 aliphatic rings. The van der Waals surface area contributed by atoms with Crippen molar-refractivity contribution >= 4 is 11.6 Å². The predicted molar refractivity (Wildman–Crippen MR) is 117 cm³/mol. The number of carbonyl (C=O) groups is 1. The van der Waals surface area contributed by atoms with Crippen molar-refractivity contribution in [3.8, 4) is 0 Å². The molecule has 0 spiro atoms. The molecule has 0 aliphatic heterocycles. The van der Waals surface area contributed by atoms with Crippen LogP contribution < -0.4 is 0 Å². The third-order valence-corrected chi connectivity index (χ3v) is 5.23. The van der Waals surface area contributed by atoms with E-state index >= 15 is 0 Å². The van der Waals surface area contributed by atoms with E-state index in [1.54, 1.807) is 35.6 Å². The summed E-state index contributed by atoms with van der Waals surface area (Å²) in [5, 5.41) is 24.8. The Kier molecular flexibility index (Phi) is 7.15. The Hall–Kier alpha value is -3.52. The van der Waals surface area contributed by atoms with Crippen LogP contribution in [0.3, 0.4) is 0 Å². The summed E-state index contributed by atoms with van der Waals surface area (Å²) in [5.41, 5.74) is 3.46. The highest BCUT2D eigenvalue weighted by molar-refractivity contribution is 5.94. The highest BCUT2D eigenvalue weighted by atomic mass is 16.6. The zero-order chi connectivity index (χ0) is 22.4. The average Bonchev–Trinajstić information content (AvgIpc) is 3.04. The van der Waals surface area contributed by atoms with Gasteiger partial charge >= 0.3 is 5.69 Å². The van der Waals surface area contributed by atoms with E-state index < -0.39 is 4.92 Å². The van der Waals surface area contributed by atoms with Crippen LogP contribution in [0.2, 0.25) is 0 Å². The molecule has 8 heteroatoms. The normalized spacial score (nSPS) is 10.8. The zero-order valence-electron chi connectivity index (χ0n) is 17.7. The summed E-state index contributed by atoms with van der Waals surface area (Å²) in [5.74, 6) is -0.140. The molecule has 31 heavy (non-hydrogen) atoms.